The van der Waals surface area contributed by atoms with Crippen molar-refractivity contribution in [2.24, 2.45) is 0 Å². The van der Waals surface area contributed by atoms with Gasteiger partial charge >= 0.3 is 0 Å². The minimum atomic E-state index is -0.231. The second kappa shape index (κ2) is 7.39. The molecule has 1 N–H and O–H groups in total. The van der Waals surface area contributed by atoms with E-state index in [1.807, 2.05) is 18.2 Å². The van der Waals surface area contributed by atoms with Gasteiger partial charge in [-0.15, -0.1) is 0 Å². The van der Waals surface area contributed by atoms with Gasteiger partial charge in [0, 0.05) is 32.2 Å². The molecule has 23 heavy (non-hydrogen) atoms. The average Bonchev–Trinajstić information content (AvgIpc) is 3.01. The standard InChI is InChI=1S/C17H21N3O3/c1-13-9-16(19-23-13)17(21)18-10-15-12-20(7-8-22-15)11-14-5-3-2-4-6-14/h2-6,9,15H,7-8,10-12H2,1H3,(H,18,21). The molecule has 2 aromatic rings. The second-order valence-corrected chi connectivity index (χ2v) is 5.75. The maximum absolute atomic E-state index is 12.0. The van der Waals surface area contributed by atoms with E-state index in [0.717, 1.165) is 19.6 Å². The maximum atomic E-state index is 12.0. The van der Waals surface area contributed by atoms with Crippen molar-refractivity contribution in [2.45, 2.75) is 19.6 Å². The molecule has 0 saturated carbocycles. The molecule has 1 amide bonds. The summed E-state index contributed by atoms with van der Waals surface area (Å²) < 4.78 is 10.6. The van der Waals surface area contributed by atoms with E-state index < -0.39 is 0 Å². The van der Waals surface area contributed by atoms with Crippen LogP contribution in [0.15, 0.2) is 40.9 Å². The topological polar surface area (TPSA) is 67.6 Å². The van der Waals surface area contributed by atoms with Crippen LogP contribution < -0.4 is 5.32 Å². The summed E-state index contributed by atoms with van der Waals surface area (Å²) in [6, 6.07) is 12.0. The Balaban J connectivity index is 1.48. The summed E-state index contributed by atoms with van der Waals surface area (Å²) in [5.41, 5.74) is 1.59. The largest absolute Gasteiger partial charge is 0.374 e. The van der Waals surface area contributed by atoms with E-state index in [-0.39, 0.29) is 12.0 Å². The molecule has 1 aliphatic heterocycles. The molecule has 3 rings (SSSR count). The number of nitrogens with one attached hydrogen (secondary N) is 1. The first-order chi connectivity index (χ1) is 11.2. The first-order valence-corrected chi connectivity index (χ1v) is 7.80. The van der Waals surface area contributed by atoms with Crippen LogP contribution in [0, 0.1) is 6.92 Å². The lowest BCUT2D eigenvalue weighted by Crippen LogP contribution is -2.47. The van der Waals surface area contributed by atoms with E-state index in [0.29, 0.717) is 24.6 Å². The lowest BCUT2D eigenvalue weighted by atomic mass is 10.2. The highest BCUT2D eigenvalue weighted by molar-refractivity contribution is 5.92. The number of carbonyl (C=O) groups is 1. The number of morpholine rings is 1. The molecule has 1 aromatic heterocycles. The van der Waals surface area contributed by atoms with Crippen molar-refractivity contribution in [1.29, 1.82) is 0 Å². The number of ether oxygens (including phenoxy) is 1. The van der Waals surface area contributed by atoms with Crippen molar-refractivity contribution in [3.05, 3.63) is 53.4 Å². The molecule has 122 valence electrons. The Morgan fingerprint density at radius 2 is 2.22 bits per heavy atom. The average molecular weight is 315 g/mol. The number of benzene rings is 1. The highest BCUT2D eigenvalue weighted by Crippen LogP contribution is 2.10. The lowest BCUT2D eigenvalue weighted by molar-refractivity contribution is -0.0293. The number of nitrogens with zero attached hydrogens (tertiary/aromatic N) is 2. The van der Waals surface area contributed by atoms with E-state index in [2.05, 4.69) is 27.5 Å². The summed E-state index contributed by atoms with van der Waals surface area (Å²) in [4.78, 5) is 14.3. The Kier molecular flexibility index (Phi) is 5.05. The molecular formula is C17H21N3O3. The molecular weight excluding hydrogens is 294 g/mol. The van der Waals surface area contributed by atoms with E-state index in [1.54, 1.807) is 13.0 Å². The number of rotatable bonds is 5. The molecule has 1 fully saturated rings. The number of amides is 1. The molecule has 0 bridgehead atoms. The van der Waals surface area contributed by atoms with Crippen molar-refractivity contribution in [2.75, 3.05) is 26.2 Å². The molecule has 2 heterocycles. The predicted molar refractivity (Wildman–Crippen MR) is 85.0 cm³/mol. The van der Waals surface area contributed by atoms with Crippen LogP contribution in [0.3, 0.4) is 0 Å². The molecule has 6 nitrogen and oxygen atoms in total. The molecule has 1 saturated heterocycles. The summed E-state index contributed by atoms with van der Waals surface area (Å²) in [5.74, 6) is 0.392. The van der Waals surface area contributed by atoms with Gasteiger partial charge in [0.05, 0.1) is 12.7 Å². The minimum absolute atomic E-state index is 0.00981. The zero-order chi connectivity index (χ0) is 16.1. The van der Waals surface area contributed by atoms with Crippen LogP contribution in [-0.4, -0.2) is 48.3 Å². The molecule has 1 aliphatic rings. The van der Waals surface area contributed by atoms with Crippen molar-refractivity contribution in [1.82, 2.24) is 15.4 Å². The van der Waals surface area contributed by atoms with Crippen LogP contribution in [0.2, 0.25) is 0 Å². The van der Waals surface area contributed by atoms with Crippen molar-refractivity contribution < 1.29 is 14.1 Å². The van der Waals surface area contributed by atoms with Gasteiger partial charge in [-0.25, -0.2) is 0 Å². The monoisotopic (exact) mass is 315 g/mol. The van der Waals surface area contributed by atoms with Gasteiger partial charge in [0.2, 0.25) is 0 Å². The van der Waals surface area contributed by atoms with Gasteiger partial charge in [0.1, 0.15) is 5.76 Å². The van der Waals surface area contributed by atoms with Crippen LogP contribution in [0.4, 0.5) is 0 Å². The maximum Gasteiger partial charge on any atom is 0.273 e. The van der Waals surface area contributed by atoms with Crippen LogP contribution >= 0.6 is 0 Å². The third kappa shape index (κ3) is 4.40. The van der Waals surface area contributed by atoms with E-state index in [1.165, 1.54) is 5.56 Å². The number of carbonyl (C=O) groups excluding carboxylic acids is 1. The van der Waals surface area contributed by atoms with Crippen LogP contribution in [0.25, 0.3) is 0 Å². The molecule has 0 spiro atoms. The SMILES string of the molecule is Cc1cc(C(=O)NCC2CN(Cc3ccccc3)CCO2)no1. The summed E-state index contributed by atoms with van der Waals surface area (Å²) >= 11 is 0. The van der Waals surface area contributed by atoms with Gasteiger partial charge in [-0.1, -0.05) is 35.5 Å². The van der Waals surface area contributed by atoms with Gasteiger partial charge in [0.25, 0.3) is 5.91 Å². The molecule has 0 aliphatic carbocycles. The highest BCUT2D eigenvalue weighted by atomic mass is 16.5. The summed E-state index contributed by atoms with van der Waals surface area (Å²) in [6.07, 6.45) is -0.00981. The zero-order valence-electron chi connectivity index (χ0n) is 13.2. The van der Waals surface area contributed by atoms with Crippen LogP contribution in [-0.2, 0) is 11.3 Å². The molecule has 1 atom stereocenters. The fourth-order valence-electron chi connectivity index (χ4n) is 2.66. The fourth-order valence-corrected chi connectivity index (χ4v) is 2.66. The van der Waals surface area contributed by atoms with Gasteiger partial charge in [-0.3, -0.25) is 9.69 Å². The molecule has 6 heteroatoms. The first-order valence-electron chi connectivity index (χ1n) is 7.80. The second-order valence-electron chi connectivity index (χ2n) is 5.75. The van der Waals surface area contributed by atoms with Gasteiger partial charge in [0.15, 0.2) is 5.69 Å². The van der Waals surface area contributed by atoms with Crippen molar-refractivity contribution >= 4 is 5.91 Å². The third-order valence-electron chi connectivity index (χ3n) is 3.82. The fraction of sp³-hybridized carbons (Fsp3) is 0.412. The Labute approximate surface area is 135 Å². The van der Waals surface area contributed by atoms with Gasteiger partial charge in [-0.05, 0) is 12.5 Å². The summed E-state index contributed by atoms with van der Waals surface area (Å²) in [5, 5.41) is 6.57. The van der Waals surface area contributed by atoms with E-state index in [9.17, 15) is 4.79 Å². The van der Waals surface area contributed by atoms with Crippen molar-refractivity contribution in [3.63, 3.8) is 0 Å². The minimum Gasteiger partial charge on any atom is -0.374 e. The third-order valence-corrected chi connectivity index (χ3v) is 3.82. The number of aryl methyl sites for hydroxylation is 1. The van der Waals surface area contributed by atoms with Gasteiger partial charge < -0.3 is 14.6 Å². The predicted octanol–water partition coefficient (Wildman–Crippen LogP) is 1.61. The Bertz CT molecular complexity index is 642. The Hall–Kier alpha value is -2.18. The van der Waals surface area contributed by atoms with Gasteiger partial charge in [-0.2, -0.15) is 0 Å². The van der Waals surface area contributed by atoms with Crippen molar-refractivity contribution in [3.8, 4) is 0 Å². The normalized spacial score (nSPS) is 18.7. The Morgan fingerprint density at radius 1 is 1.39 bits per heavy atom. The quantitative estimate of drug-likeness (QED) is 0.908. The summed E-state index contributed by atoms with van der Waals surface area (Å²) in [7, 11) is 0. The summed E-state index contributed by atoms with van der Waals surface area (Å²) in [6.45, 7) is 5.51. The number of hydrogen-bond acceptors (Lipinski definition) is 5. The lowest BCUT2D eigenvalue weighted by Gasteiger charge is -2.33. The van der Waals surface area contributed by atoms with E-state index >= 15 is 0 Å². The molecule has 0 radical (unpaired) electrons. The van der Waals surface area contributed by atoms with Crippen LogP contribution in [0.5, 0.6) is 0 Å². The highest BCUT2D eigenvalue weighted by Gasteiger charge is 2.21. The van der Waals surface area contributed by atoms with E-state index in [4.69, 9.17) is 9.26 Å². The number of hydrogen-bond donors (Lipinski definition) is 1. The zero-order valence-corrected chi connectivity index (χ0v) is 13.2. The molecule has 1 aromatic carbocycles. The Morgan fingerprint density at radius 3 is 2.96 bits per heavy atom. The number of aromatic nitrogens is 1. The van der Waals surface area contributed by atoms with Crippen LogP contribution in [0.1, 0.15) is 21.8 Å². The first kappa shape index (κ1) is 15.7. The smallest absolute Gasteiger partial charge is 0.273 e. The molecule has 1 unspecified atom stereocenters.